The predicted octanol–water partition coefficient (Wildman–Crippen LogP) is 1.40. The number of aromatic nitrogens is 3. The largest absolute Gasteiger partial charge is 0.399 e. The second-order valence-electron chi connectivity index (χ2n) is 3.51. The van der Waals surface area contributed by atoms with Gasteiger partial charge in [0.25, 0.3) is 5.56 Å². The number of rotatable bonds is 1. The number of hydrogen-bond donors (Lipinski definition) is 1. The highest BCUT2D eigenvalue weighted by atomic mass is 32.1. The van der Waals surface area contributed by atoms with Crippen LogP contribution in [0.25, 0.3) is 15.5 Å². The number of nitrogens with two attached hydrogens (primary N) is 1. The Morgan fingerprint density at radius 3 is 2.94 bits per heavy atom. The Labute approximate surface area is 100 Å². The van der Waals surface area contributed by atoms with Crippen LogP contribution in [0.15, 0.2) is 41.3 Å². The van der Waals surface area contributed by atoms with Crippen LogP contribution in [0.4, 0.5) is 5.69 Å². The zero-order valence-electron chi connectivity index (χ0n) is 8.70. The number of benzene rings is 1. The molecule has 2 heterocycles. The van der Waals surface area contributed by atoms with Crippen LogP contribution < -0.4 is 11.3 Å². The van der Waals surface area contributed by atoms with E-state index in [2.05, 4.69) is 10.1 Å². The zero-order chi connectivity index (χ0) is 11.8. The van der Waals surface area contributed by atoms with Crippen molar-refractivity contribution in [3.63, 3.8) is 0 Å². The topological polar surface area (TPSA) is 73.3 Å². The maximum absolute atomic E-state index is 11.5. The Hall–Kier alpha value is -2.21. The molecule has 6 heteroatoms. The van der Waals surface area contributed by atoms with Gasteiger partial charge in [0.15, 0.2) is 0 Å². The monoisotopic (exact) mass is 244 g/mol. The molecule has 3 rings (SSSR count). The molecule has 2 N–H and O–H groups in total. The number of hydrogen-bond acceptors (Lipinski definition) is 5. The molecule has 0 fully saturated rings. The molecule has 0 radical (unpaired) electrons. The van der Waals surface area contributed by atoms with E-state index in [9.17, 15) is 4.79 Å². The van der Waals surface area contributed by atoms with Gasteiger partial charge < -0.3 is 5.73 Å². The van der Waals surface area contributed by atoms with Crippen molar-refractivity contribution in [1.82, 2.24) is 14.6 Å². The lowest BCUT2D eigenvalue weighted by atomic mass is 10.2. The van der Waals surface area contributed by atoms with Crippen molar-refractivity contribution in [3.05, 3.63) is 46.9 Å². The van der Waals surface area contributed by atoms with Gasteiger partial charge in [-0.05, 0) is 12.1 Å². The van der Waals surface area contributed by atoms with Crippen LogP contribution in [0.1, 0.15) is 0 Å². The lowest BCUT2D eigenvalue weighted by Crippen LogP contribution is -2.12. The summed E-state index contributed by atoms with van der Waals surface area (Å²) in [4.78, 5) is 16.2. The smallest absolute Gasteiger partial charge is 0.275 e. The van der Waals surface area contributed by atoms with Crippen molar-refractivity contribution in [2.45, 2.75) is 0 Å². The second kappa shape index (κ2) is 3.67. The van der Waals surface area contributed by atoms with Crippen LogP contribution >= 0.6 is 11.3 Å². The average Bonchev–Trinajstić information content (AvgIpc) is 2.74. The molecule has 3 aromatic rings. The molecule has 0 bridgehead atoms. The van der Waals surface area contributed by atoms with Gasteiger partial charge in [-0.25, -0.2) is 4.98 Å². The minimum absolute atomic E-state index is 0.179. The van der Waals surface area contributed by atoms with Gasteiger partial charge in [-0.15, -0.1) is 0 Å². The fourth-order valence-corrected chi connectivity index (χ4v) is 2.40. The Bertz CT molecular complexity index is 746. The quantitative estimate of drug-likeness (QED) is 0.657. The molecule has 0 aliphatic carbocycles. The first-order chi connectivity index (χ1) is 8.24. The van der Waals surface area contributed by atoms with Crippen LogP contribution in [0.2, 0.25) is 0 Å². The molecule has 17 heavy (non-hydrogen) atoms. The third-order valence-corrected chi connectivity index (χ3v) is 3.28. The molecule has 0 saturated carbocycles. The zero-order valence-corrected chi connectivity index (χ0v) is 9.52. The third kappa shape index (κ3) is 1.68. The molecule has 0 atom stereocenters. The third-order valence-electron chi connectivity index (χ3n) is 2.30. The molecule has 0 amide bonds. The molecule has 84 valence electrons. The second-order valence-corrected chi connectivity index (χ2v) is 4.47. The van der Waals surface area contributed by atoms with Crippen molar-refractivity contribution >= 4 is 22.0 Å². The fourth-order valence-electron chi connectivity index (χ4n) is 1.53. The maximum Gasteiger partial charge on any atom is 0.275 e. The van der Waals surface area contributed by atoms with Crippen LogP contribution in [0.3, 0.4) is 0 Å². The van der Waals surface area contributed by atoms with Gasteiger partial charge in [0, 0.05) is 23.5 Å². The molecule has 0 aliphatic rings. The SMILES string of the molecule is Nc1cccc(-c2nn3c(=O)ccnc3s2)c1. The molecule has 5 nitrogen and oxygen atoms in total. The number of nitrogen functional groups attached to an aromatic ring is 1. The van der Waals surface area contributed by atoms with E-state index in [-0.39, 0.29) is 5.56 Å². The predicted molar refractivity (Wildman–Crippen MR) is 67.0 cm³/mol. The van der Waals surface area contributed by atoms with Gasteiger partial charge in [-0.2, -0.15) is 9.61 Å². The number of anilines is 1. The van der Waals surface area contributed by atoms with E-state index in [0.29, 0.717) is 10.6 Å². The molecule has 0 aliphatic heterocycles. The van der Waals surface area contributed by atoms with E-state index >= 15 is 0 Å². The summed E-state index contributed by atoms with van der Waals surface area (Å²) in [6, 6.07) is 8.77. The summed E-state index contributed by atoms with van der Waals surface area (Å²) >= 11 is 1.36. The van der Waals surface area contributed by atoms with E-state index in [0.717, 1.165) is 10.6 Å². The molecule has 0 spiro atoms. The standard InChI is InChI=1S/C11H8N4OS/c12-8-3-1-2-7(6-8)10-14-15-9(16)4-5-13-11(15)17-10/h1-6H,12H2. The fraction of sp³-hybridized carbons (Fsp3) is 0. The lowest BCUT2D eigenvalue weighted by Gasteiger charge is -1.95. The van der Waals surface area contributed by atoms with Crippen LogP contribution in [0, 0.1) is 0 Å². The Morgan fingerprint density at radius 2 is 2.18 bits per heavy atom. The number of fused-ring (bicyclic) bond motifs is 1. The van der Waals surface area contributed by atoms with Gasteiger partial charge in [0.1, 0.15) is 5.01 Å². The van der Waals surface area contributed by atoms with Gasteiger partial charge >= 0.3 is 0 Å². The van der Waals surface area contributed by atoms with Crippen molar-refractivity contribution in [2.24, 2.45) is 0 Å². The first-order valence-corrected chi connectivity index (χ1v) is 5.76. The van der Waals surface area contributed by atoms with Crippen molar-refractivity contribution in [2.75, 3.05) is 5.73 Å². The summed E-state index contributed by atoms with van der Waals surface area (Å²) in [5.41, 5.74) is 7.09. The minimum atomic E-state index is -0.179. The van der Waals surface area contributed by atoms with Crippen LogP contribution in [0.5, 0.6) is 0 Å². The summed E-state index contributed by atoms with van der Waals surface area (Å²) in [6.45, 7) is 0. The summed E-state index contributed by atoms with van der Waals surface area (Å²) in [6.07, 6.45) is 1.49. The highest BCUT2D eigenvalue weighted by Crippen LogP contribution is 2.25. The van der Waals surface area contributed by atoms with Crippen molar-refractivity contribution < 1.29 is 0 Å². The van der Waals surface area contributed by atoms with Crippen molar-refractivity contribution in [3.8, 4) is 10.6 Å². The van der Waals surface area contributed by atoms with E-state index in [1.165, 1.54) is 28.1 Å². The maximum atomic E-state index is 11.5. The first kappa shape index (κ1) is 9.98. The summed E-state index contributed by atoms with van der Waals surface area (Å²) in [5, 5.41) is 4.96. The molecular formula is C11H8N4OS. The highest BCUT2D eigenvalue weighted by Gasteiger charge is 2.07. The summed E-state index contributed by atoms with van der Waals surface area (Å²) in [7, 11) is 0. The van der Waals surface area contributed by atoms with Gasteiger partial charge in [-0.1, -0.05) is 23.5 Å². The Balaban J connectivity index is 2.25. The molecule has 0 unspecified atom stereocenters. The van der Waals surface area contributed by atoms with Gasteiger partial charge in [0.05, 0.1) is 0 Å². The molecule has 2 aromatic heterocycles. The normalized spacial score (nSPS) is 10.8. The van der Waals surface area contributed by atoms with Crippen LogP contribution in [-0.2, 0) is 0 Å². The minimum Gasteiger partial charge on any atom is -0.399 e. The van der Waals surface area contributed by atoms with Crippen LogP contribution in [-0.4, -0.2) is 14.6 Å². The van der Waals surface area contributed by atoms with Gasteiger partial charge in [-0.3, -0.25) is 4.79 Å². The lowest BCUT2D eigenvalue weighted by molar-refractivity contribution is 0.903. The number of nitrogens with zero attached hydrogens (tertiary/aromatic N) is 3. The average molecular weight is 244 g/mol. The Morgan fingerprint density at radius 1 is 1.29 bits per heavy atom. The first-order valence-electron chi connectivity index (χ1n) is 4.95. The molecular weight excluding hydrogens is 236 g/mol. The van der Waals surface area contributed by atoms with Gasteiger partial charge in [0.2, 0.25) is 4.96 Å². The van der Waals surface area contributed by atoms with E-state index in [4.69, 9.17) is 5.73 Å². The Kier molecular flexibility index (Phi) is 2.15. The van der Waals surface area contributed by atoms with E-state index in [1.807, 2.05) is 18.2 Å². The van der Waals surface area contributed by atoms with Crippen molar-refractivity contribution in [1.29, 1.82) is 0 Å². The molecule has 1 aromatic carbocycles. The highest BCUT2D eigenvalue weighted by molar-refractivity contribution is 7.19. The summed E-state index contributed by atoms with van der Waals surface area (Å²) < 4.78 is 1.29. The summed E-state index contributed by atoms with van der Waals surface area (Å²) in [5.74, 6) is 0. The molecule has 0 saturated heterocycles. The van der Waals surface area contributed by atoms with E-state index in [1.54, 1.807) is 6.07 Å². The van der Waals surface area contributed by atoms with E-state index < -0.39 is 0 Å².